The first-order chi connectivity index (χ1) is 12.8. The van der Waals surface area contributed by atoms with E-state index >= 15 is 0 Å². The lowest BCUT2D eigenvalue weighted by Gasteiger charge is -2.21. The van der Waals surface area contributed by atoms with Gasteiger partial charge in [0.05, 0.1) is 26.9 Å². The molecule has 0 aliphatic carbocycles. The van der Waals surface area contributed by atoms with Gasteiger partial charge in [-0.05, 0) is 35.1 Å². The van der Waals surface area contributed by atoms with Crippen molar-refractivity contribution in [2.45, 2.75) is 39.5 Å². The van der Waals surface area contributed by atoms with Gasteiger partial charge in [-0.2, -0.15) is 0 Å². The summed E-state index contributed by atoms with van der Waals surface area (Å²) in [5, 5.41) is 3.11. The molecule has 0 heterocycles. The first-order valence-electron chi connectivity index (χ1n) is 9.08. The fourth-order valence-corrected chi connectivity index (χ4v) is 3.16. The molecule has 2 aromatic carbocycles. The zero-order chi connectivity index (χ0) is 20.1. The van der Waals surface area contributed by atoms with Gasteiger partial charge in [0.15, 0.2) is 11.5 Å². The van der Waals surface area contributed by atoms with Crippen molar-refractivity contribution in [1.29, 1.82) is 0 Å². The number of hydrogen-bond acceptors (Lipinski definition) is 4. The van der Waals surface area contributed by atoms with Crippen molar-refractivity contribution in [2.24, 2.45) is 0 Å². The number of methoxy groups -OCH3 is 3. The smallest absolute Gasteiger partial charge is 0.259 e. The van der Waals surface area contributed by atoms with E-state index in [-0.39, 0.29) is 17.7 Å². The minimum absolute atomic E-state index is 0.247. The van der Waals surface area contributed by atoms with Gasteiger partial charge in [-0.15, -0.1) is 0 Å². The van der Waals surface area contributed by atoms with Gasteiger partial charge in [0.1, 0.15) is 0 Å². The molecule has 0 bridgehead atoms. The van der Waals surface area contributed by atoms with Crippen molar-refractivity contribution in [2.75, 3.05) is 26.6 Å². The molecule has 2 aromatic rings. The molecule has 0 aliphatic rings. The van der Waals surface area contributed by atoms with E-state index in [4.69, 9.17) is 14.2 Å². The third-order valence-corrected chi connectivity index (χ3v) is 4.56. The monoisotopic (exact) mass is 371 g/mol. The van der Waals surface area contributed by atoms with Crippen LogP contribution in [0.5, 0.6) is 17.2 Å². The van der Waals surface area contributed by atoms with E-state index in [9.17, 15) is 4.79 Å². The average molecular weight is 371 g/mol. The highest BCUT2D eigenvalue weighted by atomic mass is 16.5. The van der Waals surface area contributed by atoms with Gasteiger partial charge in [0, 0.05) is 5.69 Å². The average Bonchev–Trinajstić information content (AvgIpc) is 2.66. The zero-order valence-electron chi connectivity index (χ0n) is 17.2. The van der Waals surface area contributed by atoms with E-state index < -0.39 is 0 Å². The number of carbonyl (C=O) groups excluding carboxylic acids is 1. The Balaban J connectivity index is 2.53. The van der Waals surface area contributed by atoms with E-state index in [1.54, 1.807) is 19.2 Å². The Morgan fingerprint density at radius 1 is 0.815 bits per heavy atom. The normalized spacial score (nSPS) is 10.9. The topological polar surface area (TPSA) is 56.8 Å². The molecule has 0 fully saturated rings. The molecular formula is C22H29NO4. The summed E-state index contributed by atoms with van der Waals surface area (Å²) in [7, 11) is 4.58. The fraction of sp³-hybridized carbons (Fsp3) is 0.409. The van der Waals surface area contributed by atoms with Gasteiger partial charge in [-0.3, -0.25) is 4.79 Å². The number of hydrogen-bond donors (Lipinski definition) is 1. The predicted molar refractivity (Wildman–Crippen MR) is 109 cm³/mol. The molecule has 0 saturated carbocycles. The van der Waals surface area contributed by atoms with Crippen LogP contribution < -0.4 is 19.5 Å². The Morgan fingerprint density at radius 3 is 1.81 bits per heavy atom. The fourth-order valence-electron chi connectivity index (χ4n) is 3.16. The van der Waals surface area contributed by atoms with Crippen molar-refractivity contribution in [3.8, 4) is 17.2 Å². The molecule has 1 amide bonds. The lowest BCUT2D eigenvalue weighted by molar-refractivity contribution is 0.102. The summed E-state index contributed by atoms with van der Waals surface area (Å²) < 4.78 is 16.1. The minimum Gasteiger partial charge on any atom is -0.493 e. The Labute approximate surface area is 161 Å². The van der Waals surface area contributed by atoms with E-state index in [1.165, 1.54) is 14.2 Å². The first-order valence-corrected chi connectivity index (χ1v) is 9.08. The van der Waals surface area contributed by atoms with Gasteiger partial charge in [-0.25, -0.2) is 0 Å². The van der Waals surface area contributed by atoms with Crippen molar-refractivity contribution in [1.82, 2.24) is 0 Å². The molecule has 0 radical (unpaired) electrons. The Bertz CT molecular complexity index is 786. The molecule has 0 aromatic heterocycles. The number of anilines is 1. The molecule has 0 spiro atoms. The summed E-state index contributed by atoms with van der Waals surface area (Å²) in [5.41, 5.74) is 3.47. The number of benzene rings is 2. The second kappa shape index (κ2) is 8.80. The molecule has 146 valence electrons. The van der Waals surface area contributed by atoms with E-state index in [2.05, 4.69) is 45.1 Å². The van der Waals surface area contributed by atoms with Gasteiger partial charge in [0.2, 0.25) is 5.75 Å². The Morgan fingerprint density at radius 2 is 1.37 bits per heavy atom. The summed E-state index contributed by atoms with van der Waals surface area (Å²) in [6.45, 7) is 8.47. The van der Waals surface area contributed by atoms with E-state index in [0.717, 1.165) is 16.8 Å². The summed E-state index contributed by atoms with van der Waals surface area (Å²) in [6.07, 6.45) is 0. The van der Waals surface area contributed by atoms with Gasteiger partial charge in [0.25, 0.3) is 5.91 Å². The molecule has 0 aliphatic heterocycles. The largest absolute Gasteiger partial charge is 0.493 e. The SMILES string of the molecule is COc1ccc(C(=O)Nc2c(C(C)C)cccc2C(C)C)c(OC)c1OC. The Hall–Kier alpha value is -2.69. The number of nitrogens with one attached hydrogen (secondary N) is 1. The van der Waals surface area contributed by atoms with Gasteiger partial charge < -0.3 is 19.5 Å². The van der Waals surface area contributed by atoms with Crippen LogP contribution in [0.2, 0.25) is 0 Å². The van der Waals surface area contributed by atoms with E-state index in [1.807, 2.05) is 6.07 Å². The van der Waals surface area contributed by atoms with Crippen molar-refractivity contribution in [3.05, 3.63) is 47.0 Å². The first kappa shape index (κ1) is 20.6. The molecule has 27 heavy (non-hydrogen) atoms. The van der Waals surface area contributed by atoms with E-state index in [0.29, 0.717) is 22.8 Å². The van der Waals surface area contributed by atoms with Gasteiger partial charge in [-0.1, -0.05) is 45.9 Å². The van der Waals surface area contributed by atoms with Crippen LogP contribution in [-0.2, 0) is 0 Å². The quantitative estimate of drug-likeness (QED) is 0.726. The molecule has 1 N–H and O–H groups in total. The van der Waals surface area contributed by atoms with Crippen LogP contribution in [0.1, 0.15) is 61.0 Å². The number of rotatable bonds is 7. The highest BCUT2D eigenvalue weighted by Gasteiger charge is 2.23. The molecular weight excluding hydrogens is 342 g/mol. The predicted octanol–water partition coefficient (Wildman–Crippen LogP) is 5.21. The molecule has 5 nitrogen and oxygen atoms in total. The number of para-hydroxylation sites is 1. The standard InChI is InChI=1S/C22H29NO4/c1-13(2)15-9-8-10-16(14(3)4)19(15)23-22(24)17-11-12-18(25-5)21(27-7)20(17)26-6/h8-14H,1-7H3,(H,23,24). The maximum absolute atomic E-state index is 13.1. The highest BCUT2D eigenvalue weighted by Crippen LogP contribution is 2.40. The van der Waals surface area contributed by atoms with Gasteiger partial charge >= 0.3 is 0 Å². The third kappa shape index (κ3) is 4.18. The van der Waals surface area contributed by atoms with Crippen LogP contribution in [0.15, 0.2) is 30.3 Å². The minimum atomic E-state index is -0.247. The van der Waals surface area contributed by atoms with Crippen LogP contribution in [0, 0.1) is 0 Å². The molecule has 0 saturated heterocycles. The lowest BCUT2D eigenvalue weighted by atomic mass is 9.92. The second-order valence-electron chi connectivity index (χ2n) is 6.96. The maximum Gasteiger partial charge on any atom is 0.259 e. The van der Waals surface area contributed by atoms with Crippen LogP contribution in [0.4, 0.5) is 5.69 Å². The Kier molecular flexibility index (Phi) is 6.72. The molecule has 5 heteroatoms. The highest BCUT2D eigenvalue weighted by molar-refractivity contribution is 6.07. The zero-order valence-corrected chi connectivity index (χ0v) is 17.2. The van der Waals surface area contributed by atoms with Crippen LogP contribution in [0.25, 0.3) is 0 Å². The van der Waals surface area contributed by atoms with Crippen molar-refractivity contribution >= 4 is 11.6 Å². The van der Waals surface area contributed by atoms with Crippen molar-refractivity contribution in [3.63, 3.8) is 0 Å². The van der Waals surface area contributed by atoms with Crippen LogP contribution >= 0.6 is 0 Å². The number of ether oxygens (including phenoxy) is 3. The number of amides is 1. The number of carbonyl (C=O) groups is 1. The second-order valence-corrected chi connectivity index (χ2v) is 6.96. The summed E-state index contributed by atoms with van der Waals surface area (Å²) in [4.78, 5) is 13.1. The van der Waals surface area contributed by atoms with Crippen LogP contribution in [-0.4, -0.2) is 27.2 Å². The van der Waals surface area contributed by atoms with Crippen LogP contribution in [0.3, 0.4) is 0 Å². The summed E-state index contributed by atoms with van der Waals surface area (Å²) in [6, 6.07) is 9.53. The van der Waals surface area contributed by atoms with Crippen molar-refractivity contribution < 1.29 is 19.0 Å². The summed E-state index contributed by atoms with van der Waals surface area (Å²) in [5.74, 6) is 1.58. The summed E-state index contributed by atoms with van der Waals surface area (Å²) >= 11 is 0. The maximum atomic E-state index is 13.1. The lowest BCUT2D eigenvalue weighted by Crippen LogP contribution is -2.17. The molecule has 0 unspecified atom stereocenters. The molecule has 0 atom stereocenters. The third-order valence-electron chi connectivity index (χ3n) is 4.56. The molecule has 2 rings (SSSR count).